The third-order valence-electron chi connectivity index (χ3n) is 5.04. The fraction of sp³-hybridized carbons (Fsp3) is 0.350. The highest BCUT2D eigenvalue weighted by Gasteiger charge is 2.29. The van der Waals surface area contributed by atoms with Crippen molar-refractivity contribution in [2.75, 3.05) is 13.1 Å². The molecule has 7 heteroatoms. The number of H-pyrrole nitrogens is 1. The van der Waals surface area contributed by atoms with Crippen LogP contribution in [0.15, 0.2) is 54.6 Å². The average molecular weight is 385 g/mol. The Bertz CT molecular complexity index is 968. The fourth-order valence-electron chi connectivity index (χ4n) is 3.65. The zero-order valence-corrected chi connectivity index (χ0v) is 16.0. The van der Waals surface area contributed by atoms with E-state index in [1.165, 1.54) is 0 Å². The number of hydrogen-bond acceptors (Lipinski definition) is 3. The molecule has 3 aromatic rings. The topological polar surface area (TPSA) is 78.1 Å². The Hall–Kier alpha value is -2.22. The first kappa shape index (κ1) is 18.2. The van der Waals surface area contributed by atoms with E-state index >= 15 is 0 Å². The van der Waals surface area contributed by atoms with Gasteiger partial charge in [-0.15, -0.1) is 0 Å². The van der Waals surface area contributed by atoms with E-state index in [4.69, 9.17) is 0 Å². The van der Waals surface area contributed by atoms with Gasteiger partial charge in [-0.1, -0.05) is 42.5 Å². The summed E-state index contributed by atoms with van der Waals surface area (Å²) in [5, 5.41) is 0. The molecule has 2 N–H and O–H groups in total. The fourth-order valence-corrected chi connectivity index (χ4v) is 4.96. The van der Waals surface area contributed by atoms with E-state index in [1.54, 1.807) is 4.31 Å². The van der Waals surface area contributed by atoms with Crippen LogP contribution in [0.5, 0.6) is 0 Å². The minimum atomic E-state index is -3.48. The number of nitrogens with zero attached hydrogens (tertiary/aromatic N) is 2. The minimum Gasteiger partial charge on any atom is -0.342 e. The third-order valence-corrected chi connectivity index (χ3v) is 6.56. The van der Waals surface area contributed by atoms with E-state index < -0.39 is 10.2 Å². The van der Waals surface area contributed by atoms with Crippen LogP contribution < -0.4 is 4.72 Å². The monoisotopic (exact) mass is 384 g/mol. The van der Waals surface area contributed by atoms with Crippen molar-refractivity contribution in [2.24, 2.45) is 5.92 Å². The molecule has 0 saturated carbocycles. The predicted molar refractivity (Wildman–Crippen MR) is 106 cm³/mol. The van der Waals surface area contributed by atoms with Gasteiger partial charge in [0.25, 0.3) is 10.2 Å². The Morgan fingerprint density at radius 3 is 2.70 bits per heavy atom. The van der Waals surface area contributed by atoms with Gasteiger partial charge in [-0.2, -0.15) is 17.4 Å². The number of rotatable bonds is 6. The Morgan fingerprint density at radius 2 is 1.89 bits per heavy atom. The maximum absolute atomic E-state index is 12.7. The molecule has 0 aliphatic carbocycles. The zero-order chi connectivity index (χ0) is 18.7. The van der Waals surface area contributed by atoms with Crippen molar-refractivity contribution >= 4 is 21.2 Å². The molecule has 1 saturated heterocycles. The zero-order valence-electron chi connectivity index (χ0n) is 15.1. The summed E-state index contributed by atoms with van der Waals surface area (Å²) in [4.78, 5) is 7.98. The maximum Gasteiger partial charge on any atom is 0.279 e. The van der Waals surface area contributed by atoms with Crippen LogP contribution in [0.4, 0.5) is 0 Å². The Kier molecular flexibility index (Phi) is 5.24. The molecule has 1 atom stereocenters. The number of aromatic nitrogens is 2. The van der Waals surface area contributed by atoms with Gasteiger partial charge in [-0.05, 0) is 36.5 Å². The first-order valence-electron chi connectivity index (χ1n) is 9.32. The first-order chi connectivity index (χ1) is 13.1. The summed E-state index contributed by atoms with van der Waals surface area (Å²) in [5.41, 5.74) is 2.94. The van der Waals surface area contributed by atoms with E-state index in [9.17, 15) is 8.42 Å². The second-order valence-electron chi connectivity index (χ2n) is 7.08. The van der Waals surface area contributed by atoms with Gasteiger partial charge in [0.15, 0.2) is 0 Å². The lowest BCUT2D eigenvalue weighted by Crippen LogP contribution is -2.46. The van der Waals surface area contributed by atoms with Gasteiger partial charge >= 0.3 is 0 Å². The van der Waals surface area contributed by atoms with Crippen LogP contribution in [0.3, 0.4) is 0 Å². The lowest BCUT2D eigenvalue weighted by atomic mass is 9.96. The molecule has 0 bridgehead atoms. The van der Waals surface area contributed by atoms with Gasteiger partial charge in [0.05, 0.1) is 11.0 Å². The summed E-state index contributed by atoms with van der Waals surface area (Å²) in [6.45, 7) is 1.41. The molecule has 2 heterocycles. The van der Waals surface area contributed by atoms with Crippen LogP contribution >= 0.6 is 0 Å². The normalized spacial score (nSPS) is 18.7. The van der Waals surface area contributed by atoms with Crippen LogP contribution in [-0.2, 0) is 23.2 Å². The highest BCUT2D eigenvalue weighted by molar-refractivity contribution is 7.87. The maximum atomic E-state index is 12.7. The molecule has 4 rings (SSSR count). The smallest absolute Gasteiger partial charge is 0.279 e. The quantitative estimate of drug-likeness (QED) is 0.686. The number of imidazole rings is 1. The molecule has 0 amide bonds. The molecular formula is C20H24N4O2S. The summed E-state index contributed by atoms with van der Waals surface area (Å²) in [6, 6.07) is 17.5. The van der Waals surface area contributed by atoms with Gasteiger partial charge in [-0.3, -0.25) is 0 Å². The van der Waals surface area contributed by atoms with Gasteiger partial charge in [0.1, 0.15) is 5.82 Å². The number of aromatic amines is 1. The molecule has 0 radical (unpaired) electrons. The first-order valence-corrected chi connectivity index (χ1v) is 10.8. The lowest BCUT2D eigenvalue weighted by molar-refractivity contribution is 0.260. The number of nitrogens with one attached hydrogen (secondary N) is 2. The molecule has 1 fully saturated rings. The van der Waals surface area contributed by atoms with Crippen molar-refractivity contribution in [3.05, 3.63) is 66.0 Å². The molecule has 142 valence electrons. The highest BCUT2D eigenvalue weighted by Crippen LogP contribution is 2.23. The summed E-state index contributed by atoms with van der Waals surface area (Å²) >= 11 is 0. The summed E-state index contributed by atoms with van der Waals surface area (Å²) in [5.74, 6) is 1.20. The van der Waals surface area contributed by atoms with Crippen LogP contribution in [0, 0.1) is 5.92 Å². The summed E-state index contributed by atoms with van der Waals surface area (Å²) in [7, 11) is -3.48. The molecule has 1 aliphatic heterocycles. The summed E-state index contributed by atoms with van der Waals surface area (Å²) in [6.07, 6.45) is 2.65. The van der Waals surface area contributed by atoms with Crippen molar-refractivity contribution in [1.29, 1.82) is 0 Å². The molecule has 27 heavy (non-hydrogen) atoms. The highest BCUT2D eigenvalue weighted by atomic mass is 32.2. The van der Waals surface area contributed by atoms with Crippen molar-refractivity contribution in [3.8, 4) is 0 Å². The van der Waals surface area contributed by atoms with Gasteiger partial charge in [-0.25, -0.2) is 4.98 Å². The molecule has 6 nitrogen and oxygen atoms in total. The van der Waals surface area contributed by atoms with E-state index in [0.29, 0.717) is 19.6 Å². The van der Waals surface area contributed by atoms with Crippen LogP contribution in [0.1, 0.15) is 24.2 Å². The van der Waals surface area contributed by atoms with Crippen LogP contribution in [0.2, 0.25) is 0 Å². The Labute approximate surface area is 159 Å². The molecule has 1 aliphatic rings. The number of benzene rings is 2. The molecule has 2 aromatic carbocycles. The van der Waals surface area contributed by atoms with Gasteiger partial charge in [0, 0.05) is 26.1 Å². The molecule has 0 spiro atoms. The average Bonchev–Trinajstić information content (AvgIpc) is 3.10. The third kappa shape index (κ3) is 4.37. The lowest BCUT2D eigenvalue weighted by Gasteiger charge is -2.31. The minimum absolute atomic E-state index is 0.271. The van der Waals surface area contributed by atoms with E-state index in [1.807, 2.05) is 54.6 Å². The number of hydrogen-bond donors (Lipinski definition) is 2. The summed E-state index contributed by atoms with van der Waals surface area (Å²) < 4.78 is 29.7. The van der Waals surface area contributed by atoms with Crippen molar-refractivity contribution in [2.45, 2.75) is 25.8 Å². The Morgan fingerprint density at radius 1 is 1.11 bits per heavy atom. The van der Waals surface area contributed by atoms with Gasteiger partial charge < -0.3 is 4.98 Å². The second kappa shape index (κ2) is 7.80. The predicted octanol–water partition coefficient (Wildman–Crippen LogP) is 2.85. The second-order valence-corrected chi connectivity index (χ2v) is 8.84. The standard InChI is InChI=1S/C20H24N4O2S/c25-27(26,21-14-16-7-2-1-3-8-16)24-12-6-9-17(15-24)13-20-22-18-10-4-5-11-19(18)23-20/h1-5,7-8,10-11,17,21H,6,9,12-15H2,(H,22,23)/t17-/m0/s1. The van der Waals surface area contributed by atoms with Crippen molar-refractivity contribution < 1.29 is 8.42 Å². The molecule has 1 aromatic heterocycles. The number of fused-ring (bicyclic) bond motifs is 1. The SMILES string of the molecule is O=S(=O)(NCc1ccccc1)N1CCC[C@@H](Cc2nc3ccccc3[nH]2)C1. The molecular weight excluding hydrogens is 360 g/mol. The van der Waals surface area contributed by atoms with Crippen LogP contribution in [0.25, 0.3) is 11.0 Å². The van der Waals surface area contributed by atoms with Gasteiger partial charge in [0.2, 0.25) is 0 Å². The van der Waals surface area contributed by atoms with E-state index in [-0.39, 0.29) is 5.92 Å². The van der Waals surface area contributed by atoms with Crippen molar-refractivity contribution in [1.82, 2.24) is 19.0 Å². The largest absolute Gasteiger partial charge is 0.342 e. The van der Waals surface area contributed by atoms with E-state index in [0.717, 1.165) is 41.7 Å². The van der Waals surface area contributed by atoms with Crippen LogP contribution in [-0.4, -0.2) is 35.8 Å². The number of para-hydroxylation sites is 2. The van der Waals surface area contributed by atoms with E-state index in [2.05, 4.69) is 14.7 Å². The Balaban J connectivity index is 1.39. The molecule has 0 unspecified atom stereocenters. The number of piperidine rings is 1. The van der Waals surface area contributed by atoms with Crippen molar-refractivity contribution in [3.63, 3.8) is 0 Å².